The minimum absolute atomic E-state index is 0.126. The van der Waals surface area contributed by atoms with Crippen molar-refractivity contribution in [1.82, 2.24) is 9.78 Å². The molecule has 100 valence electrons. The number of hydrogen-bond acceptors (Lipinski definition) is 4. The lowest BCUT2D eigenvalue weighted by molar-refractivity contribution is -0.173. The van der Waals surface area contributed by atoms with Gasteiger partial charge in [0.15, 0.2) is 11.7 Å². The van der Waals surface area contributed by atoms with Gasteiger partial charge in [-0.3, -0.25) is 0 Å². The van der Waals surface area contributed by atoms with Crippen LogP contribution in [0.15, 0.2) is 6.07 Å². The minimum atomic E-state index is -4.40. The second-order valence-electron chi connectivity index (χ2n) is 4.19. The Kier molecular flexibility index (Phi) is 2.95. The maximum absolute atomic E-state index is 12.9. The van der Waals surface area contributed by atoms with E-state index in [9.17, 15) is 18.0 Å². The van der Waals surface area contributed by atoms with Gasteiger partial charge in [0.1, 0.15) is 5.82 Å². The Hall–Kier alpha value is -1.73. The van der Waals surface area contributed by atoms with Crippen molar-refractivity contribution >= 4 is 11.8 Å². The van der Waals surface area contributed by atoms with E-state index < -0.39 is 18.2 Å². The molecule has 2 atom stereocenters. The fourth-order valence-corrected chi connectivity index (χ4v) is 1.96. The predicted molar refractivity (Wildman–Crippen MR) is 56.4 cm³/mol. The molecule has 0 aliphatic carbocycles. The van der Waals surface area contributed by atoms with Crippen molar-refractivity contribution in [2.75, 3.05) is 12.4 Å². The SMILES string of the molecule is COC(=O)c1cc2n(n1)[C@H](C(F)(F)F)C[C@H](C)N2. The maximum Gasteiger partial charge on any atom is 0.410 e. The monoisotopic (exact) mass is 263 g/mol. The van der Waals surface area contributed by atoms with Gasteiger partial charge in [-0.1, -0.05) is 0 Å². The number of halogens is 3. The van der Waals surface area contributed by atoms with Crippen LogP contribution in [0.1, 0.15) is 29.9 Å². The lowest BCUT2D eigenvalue weighted by Gasteiger charge is -2.31. The molecule has 0 saturated heterocycles. The van der Waals surface area contributed by atoms with Crippen LogP contribution in [0.3, 0.4) is 0 Å². The van der Waals surface area contributed by atoms with Gasteiger partial charge in [0.05, 0.1) is 7.11 Å². The molecule has 1 aliphatic rings. The number of anilines is 1. The number of nitrogens with zero attached hydrogens (tertiary/aromatic N) is 2. The number of fused-ring (bicyclic) bond motifs is 1. The number of aromatic nitrogens is 2. The van der Waals surface area contributed by atoms with Crippen LogP contribution >= 0.6 is 0 Å². The molecule has 0 spiro atoms. The molecule has 2 rings (SSSR count). The summed E-state index contributed by atoms with van der Waals surface area (Å²) in [5, 5.41) is 6.52. The number of methoxy groups -OCH3 is 1. The number of rotatable bonds is 1. The lowest BCUT2D eigenvalue weighted by atomic mass is 10.1. The van der Waals surface area contributed by atoms with E-state index in [-0.39, 0.29) is 24.0 Å². The molecule has 18 heavy (non-hydrogen) atoms. The van der Waals surface area contributed by atoms with E-state index in [0.29, 0.717) is 0 Å². The molecule has 0 saturated carbocycles. The third-order valence-electron chi connectivity index (χ3n) is 2.77. The molecule has 1 aliphatic heterocycles. The summed E-state index contributed by atoms with van der Waals surface area (Å²) in [6.45, 7) is 1.65. The molecule has 0 radical (unpaired) electrons. The highest BCUT2D eigenvalue weighted by atomic mass is 19.4. The fourth-order valence-electron chi connectivity index (χ4n) is 1.96. The highest BCUT2D eigenvalue weighted by Gasteiger charge is 2.45. The second-order valence-corrected chi connectivity index (χ2v) is 4.19. The van der Waals surface area contributed by atoms with E-state index in [2.05, 4.69) is 15.2 Å². The lowest BCUT2D eigenvalue weighted by Crippen LogP contribution is -2.37. The molecule has 1 aromatic rings. The summed E-state index contributed by atoms with van der Waals surface area (Å²) in [5.41, 5.74) is -0.136. The number of hydrogen-bond donors (Lipinski definition) is 1. The highest BCUT2D eigenvalue weighted by Crippen LogP contribution is 2.39. The molecule has 0 unspecified atom stereocenters. The normalized spacial score (nSPS) is 23.2. The van der Waals surface area contributed by atoms with Crippen molar-refractivity contribution in [1.29, 1.82) is 0 Å². The van der Waals surface area contributed by atoms with Gasteiger partial charge in [-0.05, 0) is 13.3 Å². The topological polar surface area (TPSA) is 56.2 Å². The van der Waals surface area contributed by atoms with Crippen molar-refractivity contribution in [3.63, 3.8) is 0 Å². The van der Waals surface area contributed by atoms with Gasteiger partial charge in [0.25, 0.3) is 0 Å². The highest BCUT2D eigenvalue weighted by molar-refractivity contribution is 5.88. The Bertz CT molecular complexity index is 469. The number of alkyl halides is 3. The van der Waals surface area contributed by atoms with Crippen LogP contribution in [0, 0.1) is 0 Å². The maximum atomic E-state index is 12.9. The van der Waals surface area contributed by atoms with Crippen molar-refractivity contribution in [2.45, 2.75) is 31.6 Å². The van der Waals surface area contributed by atoms with Gasteiger partial charge in [-0.25, -0.2) is 9.48 Å². The minimum Gasteiger partial charge on any atom is -0.464 e. The number of carbonyl (C=O) groups is 1. The summed E-state index contributed by atoms with van der Waals surface area (Å²) in [6.07, 6.45) is -4.52. The molecule has 1 N–H and O–H groups in total. The summed E-state index contributed by atoms with van der Waals surface area (Å²) >= 11 is 0. The summed E-state index contributed by atoms with van der Waals surface area (Å²) in [7, 11) is 1.15. The third-order valence-corrected chi connectivity index (χ3v) is 2.77. The first kappa shape index (κ1) is 12.7. The van der Waals surface area contributed by atoms with E-state index in [1.54, 1.807) is 6.92 Å². The number of nitrogens with one attached hydrogen (secondary N) is 1. The summed E-state index contributed by atoms with van der Waals surface area (Å²) < 4.78 is 43.9. The molecule has 2 heterocycles. The Morgan fingerprint density at radius 3 is 2.83 bits per heavy atom. The number of carbonyl (C=O) groups excluding carboxylic acids is 1. The average Bonchev–Trinajstić information content (AvgIpc) is 2.68. The van der Waals surface area contributed by atoms with Crippen LogP contribution < -0.4 is 5.32 Å². The van der Waals surface area contributed by atoms with Crippen molar-refractivity contribution in [2.24, 2.45) is 0 Å². The van der Waals surface area contributed by atoms with E-state index >= 15 is 0 Å². The van der Waals surface area contributed by atoms with Crippen LogP contribution in [0.4, 0.5) is 19.0 Å². The van der Waals surface area contributed by atoms with Crippen molar-refractivity contribution in [3.8, 4) is 0 Å². The molecular formula is C10H12F3N3O2. The van der Waals surface area contributed by atoms with Crippen molar-refractivity contribution < 1.29 is 22.7 Å². The van der Waals surface area contributed by atoms with Crippen LogP contribution in [-0.4, -0.2) is 35.1 Å². The zero-order valence-electron chi connectivity index (χ0n) is 9.78. The van der Waals surface area contributed by atoms with Crippen molar-refractivity contribution in [3.05, 3.63) is 11.8 Å². The third kappa shape index (κ3) is 2.14. The summed E-state index contributed by atoms with van der Waals surface area (Å²) in [4.78, 5) is 11.3. The molecule has 8 heteroatoms. The second kappa shape index (κ2) is 4.18. The van der Waals surface area contributed by atoms with Crippen LogP contribution in [0.25, 0.3) is 0 Å². The van der Waals surface area contributed by atoms with Gasteiger partial charge in [0, 0.05) is 12.1 Å². The Morgan fingerprint density at radius 2 is 2.28 bits per heavy atom. The van der Waals surface area contributed by atoms with Crippen LogP contribution in [0.5, 0.6) is 0 Å². The average molecular weight is 263 g/mol. The predicted octanol–water partition coefficient (Wildman–Crippen LogP) is 1.98. The number of ether oxygens (including phenoxy) is 1. The smallest absolute Gasteiger partial charge is 0.410 e. The van der Waals surface area contributed by atoms with Crippen LogP contribution in [0.2, 0.25) is 0 Å². The first-order valence-corrected chi connectivity index (χ1v) is 5.34. The molecule has 1 aromatic heterocycles. The molecule has 0 amide bonds. The van der Waals surface area contributed by atoms with E-state index in [1.807, 2.05) is 0 Å². The Balaban J connectivity index is 2.42. The molecular weight excluding hydrogens is 251 g/mol. The zero-order valence-corrected chi connectivity index (χ0v) is 9.78. The first-order valence-electron chi connectivity index (χ1n) is 5.34. The number of esters is 1. The standard InChI is InChI=1S/C10H12F3N3O2/c1-5-3-7(10(11,12)13)16-8(14-5)4-6(15-16)9(17)18-2/h4-5,7,14H,3H2,1-2H3/t5-,7-/m0/s1. The molecule has 0 aromatic carbocycles. The largest absolute Gasteiger partial charge is 0.464 e. The van der Waals surface area contributed by atoms with E-state index in [0.717, 1.165) is 11.8 Å². The summed E-state index contributed by atoms with van der Waals surface area (Å²) in [6, 6.07) is -0.797. The Labute approximate surface area is 101 Å². The summed E-state index contributed by atoms with van der Waals surface area (Å²) in [5.74, 6) is -0.580. The van der Waals surface area contributed by atoms with E-state index in [4.69, 9.17) is 0 Å². The van der Waals surface area contributed by atoms with Gasteiger partial charge in [-0.15, -0.1) is 0 Å². The first-order chi connectivity index (χ1) is 8.32. The quantitative estimate of drug-likeness (QED) is 0.787. The van der Waals surface area contributed by atoms with Gasteiger partial charge in [-0.2, -0.15) is 18.3 Å². The van der Waals surface area contributed by atoms with Crippen LogP contribution in [-0.2, 0) is 4.74 Å². The fraction of sp³-hybridized carbons (Fsp3) is 0.600. The van der Waals surface area contributed by atoms with Gasteiger partial charge < -0.3 is 10.1 Å². The Morgan fingerprint density at radius 1 is 1.61 bits per heavy atom. The molecule has 0 fully saturated rings. The zero-order chi connectivity index (χ0) is 13.5. The molecule has 5 nitrogen and oxygen atoms in total. The van der Waals surface area contributed by atoms with Gasteiger partial charge in [0.2, 0.25) is 0 Å². The van der Waals surface area contributed by atoms with Gasteiger partial charge >= 0.3 is 12.1 Å². The molecule has 0 bridgehead atoms. The van der Waals surface area contributed by atoms with E-state index in [1.165, 1.54) is 6.07 Å².